The van der Waals surface area contributed by atoms with Crippen LogP contribution < -0.4 is 10.2 Å². The zero-order chi connectivity index (χ0) is 22.7. The number of rotatable bonds is 6. The van der Waals surface area contributed by atoms with Gasteiger partial charge in [0.15, 0.2) is 17.0 Å². The molecule has 0 spiro atoms. The van der Waals surface area contributed by atoms with E-state index in [1.807, 2.05) is 6.33 Å². The lowest BCUT2D eigenvalue weighted by atomic mass is 10.0. The van der Waals surface area contributed by atoms with Crippen molar-refractivity contribution in [1.29, 1.82) is 0 Å². The highest BCUT2D eigenvalue weighted by Crippen LogP contribution is 2.28. The van der Waals surface area contributed by atoms with Crippen LogP contribution in [0.3, 0.4) is 0 Å². The summed E-state index contributed by atoms with van der Waals surface area (Å²) in [5.41, 5.74) is 4.13. The first kappa shape index (κ1) is 21.5. The van der Waals surface area contributed by atoms with E-state index >= 15 is 0 Å². The van der Waals surface area contributed by atoms with Crippen molar-refractivity contribution < 1.29 is 4.74 Å². The Kier molecular flexibility index (Phi) is 6.14. The molecule has 2 aliphatic rings. The molecule has 2 aliphatic heterocycles. The fraction of sp³-hybridized carbons (Fsp3) is 0.400. The van der Waals surface area contributed by atoms with Gasteiger partial charge in [0.05, 0.1) is 18.9 Å². The van der Waals surface area contributed by atoms with E-state index in [-0.39, 0.29) is 0 Å². The standard InChI is InChI=1S/C25H29N7OS/c1-2-4-19(5-3-1)16-30-9-6-20(7-10-30)27-23-22-24(32(18-26-22)21-8-15-34-17-21)29-25(28-23)31-11-13-33-14-12-31/h1-5,8,15,17-18,20H,6-7,9-14,16H2,(H,27,28,29). The molecular formula is C25H29N7OS. The Morgan fingerprint density at radius 1 is 1.00 bits per heavy atom. The molecule has 0 saturated carbocycles. The summed E-state index contributed by atoms with van der Waals surface area (Å²) in [6.07, 6.45) is 4.02. The monoisotopic (exact) mass is 475 g/mol. The molecule has 3 aromatic heterocycles. The minimum Gasteiger partial charge on any atom is -0.378 e. The number of fused-ring (bicyclic) bond motifs is 1. The average Bonchev–Trinajstić information content (AvgIpc) is 3.56. The summed E-state index contributed by atoms with van der Waals surface area (Å²) in [5.74, 6) is 1.58. The van der Waals surface area contributed by atoms with Crippen LogP contribution in [0.5, 0.6) is 0 Å². The maximum atomic E-state index is 5.55. The second kappa shape index (κ2) is 9.69. The molecule has 5 heterocycles. The number of imidazole rings is 1. The SMILES string of the molecule is c1ccc(CN2CCC(Nc3nc(N4CCOCC4)nc4c3ncn4-c3ccsc3)CC2)cc1. The van der Waals surface area contributed by atoms with Gasteiger partial charge in [-0.05, 0) is 29.9 Å². The quantitative estimate of drug-likeness (QED) is 0.455. The fourth-order valence-corrected chi connectivity index (χ4v) is 5.38. The number of hydrogen-bond donors (Lipinski definition) is 1. The summed E-state index contributed by atoms with van der Waals surface area (Å²) >= 11 is 1.67. The molecule has 0 aliphatic carbocycles. The highest BCUT2D eigenvalue weighted by molar-refractivity contribution is 7.08. The number of likely N-dealkylation sites (tertiary alicyclic amines) is 1. The summed E-state index contributed by atoms with van der Waals surface area (Å²) in [6, 6.07) is 13.2. The number of morpholine rings is 1. The van der Waals surface area contributed by atoms with Crippen molar-refractivity contribution in [2.24, 2.45) is 0 Å². The van der Waals surface area contributed by atoms with Crippen molar-refractivity contribution in [3.63, 3.8) is 0 Å². The van der Waals surface area contributed by atoms with Crippen molar-refractivity contribution in [2.75, 3.05) is 49.6 Å². The van der Waals surface area contributed by atoms with Gasteiger partial charge in [-0.2, -0.15) is 21.3 Å². The minimum absolute atomic E-state index is 0.369. The molecule has 2 fully saturated rings. The normalized spacial score (nSPS) is 17.9. The maximum Gasteiger partial charge on any atom is 0.229 e. The van der Waals surface area contributed by atoms with Crippen LogP contribution in [0.2, 0.25) is 0 Å². The highest BCUT2D eigenvalue weighted by Gasteiger charge is 2.24. The van der Waals surface area contributed by atoms with Crippen molar-refractivity contribution in [3.05, 3.63) is 59.0 Å². The Hall–Kier alpha value is -3.01. The summed E-state index contributed by atoms with van der Waals surface area (Å²) in [4.78, 5) is 19.4. The lowest BCUT2D eigenvalue weighted by molar-refractivity contribution is 0.122. The number of nitrogens with zero attached hydrogens (tertiary/aromatic N) is 6. The highest BCUT2D eigenvalue weighted by atomic mass is 32.1. The molecule has 34 heavy (non-hydrogen) atoms. The smallest absolute Gasteiger partial charge is 0.229 e. The third kappa shape index (κ3) is 4.51. The molecule has 9 heteroatoms. The van der Waals surface area contributed by atoms with Gasteiger partial charge in [0.25, 0.3) is 0 Å². The topological polar surface area (TPSA) is 71.3 Å². The van der Waals surface area contributed by atoms with E-state index in [0.717, 1.165) is 74.2 Å². The summed E-state index contributed by atoms with van der Waals surface area (Å²) in [7, 11) is 0. The number of piperidine rings is 1. The first-order valence-corrected chi connectivity index (χ1v) is 12.9. The number of anilines is 2. The zero-order valence-corrected chi connectivity index (χ0v) is 20.0. The summed E-state index contributed by atoms with van der Waals surface area (Å²) in [6.45, 7) is 6.16. The molecule has 4 aromatic rings. The molecule has 0 unspecified atom stereocenters. The Morgan fingerprint density at radius 3 is 2.59 bits per heavy atom. The van der Waals surface area contributed by atoms with Gasteiger partial charge in [-0.15, -0.1) is 0 Å². The van der Waals surface area contributed by atoms with E-state index in [1.54, 1.807) is 11.3 Å². The Bertz CT molecular complexity index is 1210. The first-order valence-electron chi connectivity index (χ1n) is 12.0. The number of nitrogens with one attached hydrogen (secondary N) is 1. The van der Waals surface area contributed by atoms with Crippen molar-refractivity contribution in [2.45, 2.75) is 25.4 Å². The number of benzene rings is 1. The molecule has 0 bridgehead atoms. The van der Waals surface area contributed by atoms with E-state index < -0.39 is 0 Å². The van der Waals surface area contributed by atoms with Crippen LogP contribution in [0.1, 0.15) is 18.4 Å². The summed E-state index contributed by atoms with van der Waals surface area (Å²) < 4.78 is 7.61. The molecule has 1 aromatic carbocycles. The van der Waals surface area contributed by atoms with Gasteiger partial charge in [0, 0.05) is 44.1 Å². The van der Waals surface area contributed by atoms with Crippen molar-refractivity contribution in [3.8, 4) is 5.69 Å². The lowest BCUT2D eigenvalue weighted by Crippen LogP contribution is -2.39. The van der Waals surface area contributed by atoms with Gasteiger partial charge >= 0.3 is 0 Å². The zero-order valence-electron chi connectivity index (χ0n) is 19.1. The van der Waals surface area contributed by atoms with Gasteiger partial charge in [0.1, 0.15) is 6.33 Å². The van der Waals surface area contributed by atoms with E-state index in [1.165, 1.54) is 5.56 Å². The molecule has 8 nitrogen and oxygen atoms in total. The van der Waals surface area contributed by atoms with Crippen LogP contribution in [0, 0.1) is 0 Å². The molecule has 1 N–H and O–H groups in total. The lowest BCUT2D eigenvalue weighted by Gasteiger charge is -2.33. The van der Waals surface area contributed by atoms with Crippen LogP contribution in [-0.4, -0.2) is 69.9 Å². The Morgan fingerprint density at radius 2 is 1.82 bits per heavy atom. The molecule has 0 atom stereocenters. The van der Waals surface area contributed by atoms with E-state index in [9.17, 15) is 0 Å². The number of aromatic nitrogens is 4. The molecule has 0 radical (unpaired) electrons. The van der Waals surface area contributed by atoms with Crippen LogP contribution in [-0.2, 0) is 11.3 Å². The molecule has 176 valence electrons. The maximum absolute atomic E-state index is 5.55. The third-order valence-corrected chi connectivity index (χ3v) is 7.31. The van der Waals surface area contributed by atoms with Crippen LogP contribution in [0.4, 0.5) is 11.8 Å². The largest absolute Gasteiger partial charge is 0.378 e. The fourth-order valence-electron chi connectivity index (χ4n) is 4.75. The van der Waals surface area contributed by atoms with Gasteiger partial charge in [-0.25, -0.2) is 4.98 Å². The van der Waals surface area contributed by atoms with Gasteiger partial charge < -0.3 is 15.0 Å². The van der Waals surface area contributed by atoms with Crippen LogP contribution in [0.15, 0.2) is 53.5 Å². The molecule has 6 rings (SSSR count). The van der Waals surface area contributed by atoms with Gasteiger partial charge in [-0.3, -0.25) is 9.47 Å². The Balaban J connectivity index is 1.24. The van der Waals surface area contributed by atoms with Crippen LogP contribution in [0.25, 0.3) is 16.9 Å². The average molecular weight is 476 g/mol. The van der Waals surface area contributed by atoms with Crippen molar-refractivity contribution >= 4 is 34.3 Å². The third-order valence-electron chi connectivity index (χ3n) is 6.64. The van der Waals surface area contributed by atoms with Gasteiger partial charge in [-0.1, -0.05) is 30.3 Å². The van der Waals surface area contributed by atoms with Crippen molar-refractivity contribution in [1.82, 2.24) is 24.4 Å². The van der Waals surface area contributed by atoms with Crippen LogP contribution >= 0.6 is 11.3 Å². The number of hydrogen-bond acceptors (Lipinski definition) is 8. The van der Waals surface area contributed by atoms with E-state index in [4.69, 9.17) is 19.7 Å². The Labute approximate surface area is 203 Å². The minimum atomic E-state index is 0.369. The molecular weight excluding hydrogens is 446 g/mol. The van der Waals surface area contributed by atoms with E-state index in [2.05, 4.69) is 66.8 Å². The molecule has 2 saturated heterocycles. The second-order valence-corrected chi connectivity index (χ2v) is 9.70. The predicted octanol–water partition coefficient (Wildman–Crippen LogP) is 3.79. The van der Waals surface area contributed by atoms with E-state index in [0.29, 0.717) is 19.3 Å². The summed E-state index contributed by atoms with van der Waals surface area (Å²) in [5, 5.41) is 7.93. The first-order chi connectivity index (χ1) is 16.8. The predicted molar refractivity (Wildman–Crippen MR) is 136 cm³/mol. The second-order valence-electron chi connectivity index (χ2n) is 8.92. The van der Waals surface area contributed by atoms with Gasteiger partial charge in [0.2, 0.25) is 5.95 Å². The molecule has 0 amide bonds. The number of ether oxygens (including phenoxy) is 1. The number of thiophene rings is 1.